The van der Waals surface area contributed by atoms with Crippen LogP contribution in [0.3, 0.4) is 0 Å². The van der Waals surface area contributed by atoms with Crippen molar-refractivity contribution in [1.29, 1.82) is 5.26 Å². The quantitative estimate of drug-likeness (QED) is 0.668. The van der Waals surface area contributed by atoms with Gasteiger partial charge in [0.25, 0.3) is 0 Å². The lowest BCUT2D eigenvalue weighted by Crippen LogP contribution is -2.48. The van der Waals surface area contributed by atoms with Crippen molar-refractivity contribution in [1.82, 2.24) is 9.80 Å². The monoisotopic (exact) mass is 212 g/mol. The van der Waals surface area contributed by atoms with E-state index < -0.39 is 5.54 Å². The Hall–Kier alpha value is -0.630. The number of nitrogens with two attached hydrogens (primary N) is 1. The average molecular weight is 212 g/mol. The highest BCUT2D eigenvalue weighted by molar-refractivity contribution is 5.03. The topological polar surface area (TPSA) is 56.3 Å². The molecule has 0 spiro atoms. The van der Waals surface area contributed by atoms with Crippen LogP contribution in [0.15, 0.2) is 0 Å². The summed E-state index contributed by atoms with van der Waals surface area (Å²) in [7, 11) is 4.10. The summed E-state index contributed by atoms with van der Waals surface area (Å²) in [5.74, 6) is 0. The van der Waals surface area contributed by atoms with E-state index in [0.717, 1.165) is 26.1 Å². The van der Waals surface area contributed by atoms with Gasteiger partial charge in [-0.1, -0.05) is 6.92 Å². The first kappa shape index (κ1) is 14.4. The molecule has 0 fully saturated rings. The minimum absolute atomic E-state index is 0.644. The summed E-state index contributed by atoms with van der Waals surface area (Å²) in [5, 5.41) is 8.88. The molecule has 0 aromatic heterocycles. The van der Waals surface area contributed by atoms with E-state index in [1.807, 2.05) is 0 Å². The second-order valence-electron chi connectivity index (χ2n) is 4.61. The van der Waals surface area contributed by atoms with Crippen LogP contribution >= 0.6 is 0 Å². The van der Waals surface area contributed by atoms with Crippen molar-refractivity contribution in [2.75, 3.05) is 40.3 Å². The molecule has 0 aliphatic carbocycles. The zero-order chi connectivity index (χ0) is 11.9. The summed E-state index contributed by atoms with van der Waals surface area (Å²) in [4.78, 5) is 4.39. The Balaban J connectivity index is 4.10. The Morgan fingerprint density at radius 3 is 2.27 bits per heavy atom. The summed E-state index contributed by atoms with van der Waals surface area (Å²) in [6.07, 6.45) is 1.09. The molecule has 0 rings (SSSR count). The minimum Gasteiger partial charge on any atom is -0.313 e. The van der Waals surface area contributed by atoms with Gasteiger partial charge in [-0.2, -0.15) is 5.26 Å². The van der Waals surface area contributed by atoms with Crippen LogP contribution in [-0.4, -0.2) is 55.6 Å². The maximum atomic E-state index is 8.88. The van der Waals surface area contributed by atoms with E-state index in [1.54, 1.807) is 6.92 Å². The van der Waals surface area contributed by atoms with Crippen molar-refractivity contribution in [3.63, 3.8) is 0 Å². The first-order valence-corrected chi connectivity index (χ1v) is 5.48. The normalized spacial score (nSPS) is 15.3. The minimum atomic E-state index is -0.735. The molecule has 0 aromatic rings. The summed E-state index contributed by atoms with van der Waals surface area (Å²) in [6.45, 7) is 7.54. The molecule has 88 valence electrons. The van der Waals surface area contributed by atoms with E-state index in [2.05, 4.69) is 36.9 Å². The Kier molecular flexibility index (Phi) is 6.50. The second-order valence-corrected chi connectivity index (χ2v) is 4.61. The van der Waals surface area contributed by atoms with Crippen LogP contribution in [0.4, 0.5) is 0 Å². The molecule has 2 N–H and O–H groups in total. The molecule has 0 amide bonds. The van der Waals surface area contributed by atoms with Gasteiger partial charge in [-0.05, 0) is 34.0 Å². The zero-order valence-corrected chi connectivity index (χ0v) is 10.5. The summed E-state index contributed by atoms with van der Waals surface area (Å²) in [6, 6.07) is 2.14. The molecule has 4 nitrogen and oxygen atoms in total. The molecule has 0 radical (unpaired) electrons. The van der Waals surface area contributed by atoms with Gasteiger partial charge < -0.3 is 10.6 Å². The molecule has 4 heteroatoms. The molecule has 15 heavy (non-hydrogen) atoms. The molecule has 0 aliphatic heterocycles. The molecule has 0 heterocycles. The number of nitriles is 1. The first-order chi connectivity index (χ1) is 6.91. The second kappa shape index (κ2) is 6.78. The van der Waals surface area contributed by atoms with Crippen molar-refractivity contribution in [3.8, 4) is 6.07 Å². The van der Waals surface area contributed by atoms with Gasteiger partial charge in [0.05, 0.1) is 6.07 Å². The van der Waals surface area contributed by atoms with Gasteiger partial charge in [-0.25, -0.2) is 0 Å². The number of nitrogens with zero attached hydrogens (tertiary/aromatic N) is 3. The standard InChI is InChI=1S/C11H24N4/c1-5-6-15(8-7-14(3)4)10-11(2,13)9-12/h5-8,10,13H2,1-4H3. The van der Waals surface area contributed by atoms with Crippen LogP contribution in [0.1, 0.15) is 20.3 Å². The molecule has 0 aliphatic rings. The highest BCUT2D eigenvalue weighted by Crippen LogP contribution is 2.02. The van der Waals surface area contributed by atoms with Crippen molar-refractivity contribution >= 4 is 0 Å². The van der Waals surface area contributed by atoms with E-state index in [4.69, 9.17) is 11.0 Å². The Labute approximate surface area is 93.6 Å². The molecule has 0 aromatic carbocycles. The number of rotatable bonds is 7. The van der Waals surface area contributed by atoms with Crippen LogP contribution in [-0.2, 0) is 0 Å². The van der Waals surface area contributed by atoms with Crippen LogP contribution in [0.2, 0.25) is 0 Å². The molecule has 1 atom stereocenters. The predicted molar refractivity (Wildman–Crippen MR) is 63.5 cm³/mol. The molecule has 0 bridgehead atoms. The van der Waals surface area contributed by atoms with Crippen molar-refractivity contribution in [2.24, 2.45) is 5.73 Å². The van der Waals surface area contributed by atoms with Gasteiger partial charge in [0.2, 0.25) is 0 Å². The lowest BCUT2D eigenvalue weighted by atomic mass is 10.1. The largest absolute Gasteiger partial charge is 0.313 e. The van der Waals surface area contributed by atoms with Gasteiger partial charge in [-0.3, -0.25) is 4.90 Å². The Bertz CT molecular complexity index is 205. The maximum absolute atomic E-state index is 8.88. The third-order valence-electron chi connectivity index (χ3n) is 2.21. The van der Waals surface area contributed by atoms with Crippen molar-refractivity contribution < 1.29 is 0 Å². The van der Waals surface area contributed by atoms with E-state index in [9.17, 15) is 0 Å². The number of hydrogen-bond donors (Lipinski definition) is 1. The molecule has 1 unspecified atom stereocenters. The summed E-state index contributed by atoms with van der Waals surface area (Å²) in [5.41, 5.74) is 5.10. The smallest absolute Gasteiger partial charge is 0.114 e. The molecular weight excluding hydrogens is 188 g/mol. The summed E-state index contributed by atoms with van der Waals surface area (Å²) < 4.78 is 0. The molecule has 0 saturated heterocycles. The number of likely N-dealkylation sites (N-methyl/N-ethyl adjacent to an activating group) is 1. The van der Waals surface area contributed by atoms with Gasteiger partial charge in [0, 0.05) is 19.6 Å². The van der Waals surface area contributed by atoms with Crippen LogP contribution < -0.4 is 5.73 Å². The SMILES string of the molecule is CCCN(CCN(C)C)CC(C)(N)C#N. The summed E-state index contributed by atoms with van der Waals surface area (Å²) >= 11 is 0. The lowest BCUT2D eigenvalue weighted by molar-refractivity contribution is 0.216. The zero-order valence-electron chi connectivity index (χ0n) is 10.5. The van der Waals surface area contributed by atoms with Gasteiger partial charge in [0.1, 0.15) is 5.54 Å². The molecule has 0 saturated carbocycles. The van der Waals surface area contributed by atoms with E-state index >= 15 is 0 Å². The van der Waals surface area contributed by atoms with E-state index in [0.29, 0.717) is 6.54 Å². The van der Waals surface area contributed by atoms with Crippen molar-refractivity contribution in [2.45, 2.75) is 25.8 Å². The average Bonchev–Trinajstić information content (AvgIpc) is 2.14. The molecular formula is C11H24N4. The maximum Gasteiger partial charge on any atom is 0.114 e. The van der Waals surface area contributed by atoms with Crippen LogP contribution in [0.5, 0.6) is 0 Å². The Morgan fingerprint density at radius 2 is 1.87 bits per heavy atom. The van der Waals surface area contributed by atoms with Gasteiger partial charge >= 0.3 is 0 Å². The third kappa shape index (κ3) is 7.32. The van der Waals surface area contributed by atoms with Crippen LogP contribution in [0, 0.1) is 11.3 Å². The van der Waals surface area contributed by atoms with Gasteiger partial charge in [-0.15, -0.1) is 0 Å². The highest BCUT2D eigenvalue weighted by Gasteiger charge is 2.21. The highest BCUT2D eigenvalue weighted by atomic mass is 15.2. The van der Waals surface area contributed by atoms with Crippen LogP contribution in [0.25, 0.3) is 0 Å². The fraction of sp³-hybridized carbons (Fsp3) is 0.909. The fourth-order valence-corrected chi connectivity index (χ4v) is 1.43. The van der Waals surface area contributed by atoms with Crippen molar-refractivity contribution in [3.05, 3.63) is 0 Å². The lowest BCUT2D eigenvalue weighted by Gasteiger charge is -2.28. The van der Waals surface area contributed by atoms with Gasteiger partial charge in [0.15, 0.2) is 0 Å². The third-order valence-corrected chi connectivity index (χ3v) is 2.21. The first-order valence-electron chi connectivity index (χ1n) is 5.48. The van der Waals surface area contributed by atoms with E-state index in [1.165, 1.54) is 0 Å². The predicted octanol–water partition coefficient (Wildman–Crippen LogP) is 0.501. The Morgan fingerprint density at radius 1 is 1.27 bits per heavy atom. The number of hydrogen-bond acceptors (Lipinski definition) is 4. The van der Waals surface area contributed by atoms with E-state index in [-0.39, 0.29) is 0 Å². The fourth-order valence-electron chi connectivity index (χ4n) is 1.43.